The number of amides is 1. The number of alkyl halides is 2. The van der Waals surface area contributed by atoms with Crippen molar-refractivity contribution in [3.05, 3.63) is 28.1 Å². The Hall–Kier alpha value is -1.43. The summed E-state index contributed by atoms with van der Waals surface area (Å²) in [6.45, 7) is 10.6. The highest BCUT2D eigenvalue weighted by atomic mass is 32.1. The van der Waals surface area contributed by atoms with Crippen LogP contribution < -0.4 is 5.32 Å². The van der Waals surface area contributed by atoms with Crippen molar-refractivity contribution in [3.63, 3.8) is 0 Å². The zero-order valence-electron chi connectivity index (χ0n) is 16.0. The summed E-state index contributed by atoms with van der Waals surface area (Å²) in [7, 11) is 1.70. The monoisotopic (exact) mass is 372 g/mol. The fraction of sp³-hybridized carbons (Fsp3) is 0.632. The van der Waals surface area contributed by atoms with E-state index in [1.165, 1.54) is 6.20 Å². The molecule has 0 bridgehead atoms. The van der Waals surface area contributed by atoms with E-state index >= 15 is 0 Å². The first-order valence-electron chi connectivity index (χ1n) is 8.88. The van der Waals surface area contributed by atoms with E-state index in [0.29, 0.717) is 11.8 Å². The summed E-state index contributed by atoms with van der Waals surface area (Å²) in [6.07, 6.45) is 0.0169. The average molecular weight is 373 g/mol. The van der Waals surface area contributed by atoms with Gasteiger partial charge in [-0.2, -0.15) is 0 Å². The zero-order chi connectivity index (χ0) is 19.1. The third-order valence-corrected chi connectivity index (χ3v) is 5.17. The Morgan fingerprint density at radius 3 is 2.56 bits per heavy atom. The van der Waals surface area contributed by atoms with Gasteiger partial charge in [-0.3, -0.25) is 4.79 Å². The molecule has 0 saturated heterocycles. The van der Waals surface area contributed by atoms with E-state index < -0.39 is 18.3 Å². The highest BCUT2D eigenvalue weighted by Gasteiger charge is 2.34. The van der Waals surface area contributed by atoms with Gasteiger partial charge in [0.05, 0.1) is 11.6 Å². The van der Waals surface area contributed by atoms with Crippen molar-refractivity contribution in [3.8, 4) is 0 Å². The molecule has 1 amide bonds. The van der Waals surface area contributed by atoms with Gasteiger partial charge in [0, 0.05) is 30.2 Å². The van der Waals surface area contributed by atoms with Crippen LogP contribution in [0.25, 0.3) is 0 Å². The topological polar surface area (TPSA) is 32.3 Å². The first kappa shape index (κ1) is 21.6. The summed E-state index contributed by atoms with van der Waals surface area (Å²) in [5.74, 6) is -0.548. The van der Waals surface area contributed by atoms with Crippen LogP contribution in [0.2, 0.25) is 0 Å². The Morgan fingerprint density at radius 2 is 2.00 bits per heavy atom. The summed E-state index contributed by atoms with van der Waals surface area (Å²) in [5.41, 5.74) is 0.910. The smallest absolute Gasteiger partial charge is 0.253 e. The van der Waals surface area contributed by atoms with Gasteiger partial charge in [0.1, 0.15) is 0 Å². The second-order valence-electron chi connectivity index (χ2n) is 6.65. The number of nitrogens with one attached hydrogen (secondary N) is 1. The van der Waals surface area contributed by atoms with Gasteiger partial charge in [-0.25, -0.2) is 8.78 Å². The Labute approximate surface area is 154 Å². The molecule has 2 atom stereocenters. The van der Waals surface area contributed by atoms with Crippen LogP contribution in [0.3, 0.4) is 0 Å². The molecule has 0 radical (unpaired) electrons. The molecule has 0 saturated carbocycles. The number of halogens is 2. The van der Waals surface area contributed by atoms with E-state index in [4.69, 9.17) is 0 Å². The highest BCUT2D eigenvalue weighted by molar-refractivity contribution is 7.10. The summed E-state index contributed by atoms with van der Waals surface area (Å²) in [6, 6.07) is 1.85. The predicted octanol–water partition coefficient (Wildman–Crippen LogP) is 5.57. The van der Waals surface area contributed by atoms with Crippen LogP contribution in [0, 0.1) is 11.8 Å². The van der Waals surface area contributed by atoms with E-state index in [1.54, 1.807) is 23.3 Å². The number of carbonyl (C=O) groups excluding carboxylic acids is 1. The van der Waals surface area contributed by atoms with Crippen LogP contribution in [0.5, 0.6) is 0 Å². The minimum atomic E-state index is -2.53. The predicted molar refractivity (Wildman–Crippen MR) is 102 cm³/mol. The molecule has 2 rings (SSSR count). The van der Waals surface area contributed by atoms with Gasteiger partial charge in [0.25, 0.3) is 5.91 Å². The molecule has 2 unspecified atom stereocenters. The molecule has 0 aliphatic carbocycles. The third kappa shape index (κ3) is 5.80. The molecule has 25 heavy (non-hydrogen) atoms. The Kier molecular flexibility index (Phi) is 8.56. The minimum absolute atomic E-state index is 0.163. The first-order valence-corrected chi connectivity index (χ1v) is 9.76. The number of thiophene rings is 1. The van der Waals surface area contributed by atoms with E-state index in [2.05, 4.69) is 26.1 Å². The number of hydrogen-bond acceptors (Lipinski definition) is 3. The number of hydrogen-bond donors (Lipinski definition) is 1. The van der Waals surface area contributed by atoms with Crippen molar-refractivity contribution < 1.29 is 13.6 Å². The molecular formula is C19H30F2N2OS. The molecule has 0 fully saturated rings. The number of carbonyl (C=O) groups is 1. The number of nitrogens with zero attached hydrogens (tertiary/aromatic N) is 1. The molecule has 1 N–H and O–H groups in total. The van der Waals surface area contributed by atoms with E-state index in [1.807, 2.05) is 25.3 Å². The number of anilines is 1. The zero-order valence-corrected chi connectivity index (χ0v) is 16.8. The molecule has 1 aromatic heterocycles. The SMILES string of the molecule is CC.CC(C)CC(C)c1sccc1NC(=O)C1=CN(C)CC1C(F)F. The lowest BCUT2D eigenvalue weighted by Gasteiger charge is -2.17. The fourth-order valence-electron chi connectivity index (χ4n) is 3.05. The minimum Gasteiger partial charge on any atom is -0.379 e. The quantitative estimate of drug-likeness (QED) is 0.708. The molecule has 1 aliphatic heterocycles. The van der Waals surface area contributed by atoms with Gasteiger partial charge < -0.3 is 10.2 Å². The molecule has 1 aromatic rings. The van der Waals surface area contributed by atoms with Crippen LogP contribution in [0.15, 0.2) is 23.2 Å². The standard InChI is InChI=1S/C17H24F2N2OS.C2H6/c1-10(2)7-11(3)15-14(5-6-23-15)20-17(22)13-9-21(4)8-12(13)16(18)19;1-2/h5-6,9-12,16H,7-8H2,1-4H3,(H,20,22);1-2H3. The molecule has 3 nitrogen and oxygen atoms in total. The van der Waals surface area contributed by atoms with Gasteiger partial charge in [0.15, 0.2) is 0 Å². The second-order valence-corrected chi connectivity index (χ2v) is 7.60. The lowest BCUT2D eigenvalue weighted by atomic mass is 9.96. The normalized spacial score (nSPS) is 18.1. The Balaban J connectivity index is 0.00000151. The van der Waals surface area contributed by atoms with Crippen molar-refractivity contribution in [2.75, 3.05) is 18.9 Å². The van der Waals surface area contributed by atoms with Crippen molar-refractivity contribution in [1.29, 1.82) is 0 Å². The molecule has 0 spiro atoms. The van der Waals surface area contributed by atoms with Crippen molar-refractivity contribution in [2.45, 2.75) is 53.4 Å². The van der Waals surface area contributed by atoms with Crippen LogP contribution in [0.4, 0.5) is 14.5 Å². The van der Waals surface area contributed by atoms with Gasteiger partial charge in [-0.15, -0.1) is 11.3 Å². The van der Waals surface area contributed by atoms with Crippen LogP contribution >= 0.6 is 11.3 Å². The maximum absolute atomic E-state index is 13.1. The summed E-state index contributed by atoms with van der Waals surface area (Å²) < 4.78 is 26.2. The van der Waals surface area contributed by atoms with Crippen LogP contribution in [-0.2, 0) is 4.79 Å². The van der Waals surface area contributed by atoms with E-state index in [0.717, 1.165) is 17.0 Å². The Morgan fingerprint density at radius 1 is 1.36 bits per heavy atom. The molecule has 1 aliphatic rings. The molecule has 0 aromatic carbocycles. The molecule has 6 heteroatoms. The van der Waals surface area contributed by atoms with Crippen molar-refractivity contribution in [1.82, 2.24) is 4.90 Å². The fourth-order valence-corrected chi connectivity index (χ4v) is 3.98. The maximum Gasteiger partial charge on any atom is 0.253 e. The molecular weight excluding hydrogens is 342 g/mol. The van der Waals surface area contributed by atoms with Crippen molar-refractivity contribution in [2.24, 2.45) is 11.8 Å². The van der Waals surface area contributed by atoms with Gasteiger partial charge in [0.2, 0.25) is 6.43 Å². The third-order valence-electron chi connectivity index (χ3n) is 4.03. The van der Waals surface area contributed by atoms with Gasteiger partial charge >= 0.3 is 0 Å². The maximum atomic E-state index is 13.1. The molecule has 142 valence electrons. The van der Waals surface area contributed by atoms with Crippen LogP contribution in [0.1, 0.15) is 51.8 Å². The lowest BCUT2D eigenvalue weighted by molar-refractivity contribution is -0.113. The average Bonchev–Trinajstić information content (AvgIpc) is 3.15. The second kappa shape index (κ2) is 9.90. The number of rotatable bonds is 6. The highest BCUT2D eigenvalue weighted by Crippen LogP contribution is 2.35. The summed E-state index contributed by atoms with van der Waals surface area (Å²) in [5, 5.41) is 4.77. The first-order chi connectivity index (χ1) is 11.8. The van der Waals surface area contributed by atoms with E-state index in [9.17, 15) is 13.6 Å². The molecule has 2 heterocycles. The lowest BCUT2D eigenvalue weighted by Crippen LogP contribution is -2.25. The largest absolute Gasteiger partial charge is 0.379 e. The summed E-state index contributed by atoms with van der Waals surface area (Å²) in [4.78, 5) is 15.2. The summed E-state index contributed by atoms with van der Waals surface area (Å²) >= 11 is 1.60. The van der Waals surface area contributed by atoms with Gasteiger partial charge in [-0.1, -0.05) is 34.6 Å². The van der Waals surface area contributed by atoms with Crippen molar-refractivity contribution >= 4 is 22.9 Å². The van der Waals surface area contributed by atoms with E-state index in [-0.39, 0.29) is 12.1 Å². The Bertz CT molecular complexity index is 584. The van der Waals surface area contributed by atoms with Gasteiger partial charge in [-0.05, 0) is 29.7 Å². The van der Waals surface area contributed by atoms with Crippen LogP contribution in [-0.4, -0.2) is 30.8 Å².